The summed E-state index contributed by atoms with van der Waals surface area (Å²) in [5.74, 6) is 0. The van der Waals surface area contributed by atoms with Gasteiger partial charge in [0.15, 0.2) is 0 Å². The zero-order valence-electron chi connectivity index (χ0n) is 17.4. The second-order valence-electron chi connectivity index (χ2n) is 9.01. The monoisotopic (exact) mass is 360 g/mol. The van der Waals surface area contributed by atoms with E-state index in [1.165, 1.54) is 21.5 Å². The third-order valence-electron chi connectivity index (χ3n) is 6.76. The first-order chi connectivity index (χ1) is 12.2. The van der Waals surface area contributed by atoms with Gasteiger partial charge >= 0.3 is 0 Å². The SMILES string of the molecule is CC1=CC(C)([Si](c2ccccc2)(c2ccccc2)C(C)(C)C)C(C)=C1C. The highest BCUT2D eigenvalue weighted by molar-refractivity contribution is 7.07. The largest absolute Gasteiger partial charge is 0.136 e. The van der Waals surface area contributed by atoms with Crippen molar-refractivity contribution < 1.29 is 0 Å². The Morgan fingerprint density at radius 1 is 0.731 bits per heavy atom. The lowest BCUT2D eigenvalue weighted by atomic mass is 10.0. The third-order valence-corrected chi connectivity index (χ3v) is 13.5. The molecule has 0 saturated heterocycles. The van der Waals surface area contributed by atoms with Gasteiger partial charge in [-0.25, -0.2) is 0 Å². The van der Waals surface area contributed by atoms with Crippen LogP contribution in [0.1, 0.15) is 48.5 Å². The number of allylic oxidation sites excluding steroid dienone is 4. The third kappa shape index (κ3) is 2.48. The molecule has 3 rings (SSSR count). The molecule has 0 nitrogen and oxygen atoms in total. The van der Waals surface area contributed by atoms with Crippen molar-refractivity contribution in [2.45, 2.75) is 58.5 Å². The Morgan fingerprint density at radius 2 is 1.15 bits per heavy atom. The van der Waals surface area contributed by atoms with Gasteiger partial charge in [-0.1, -0.05) is 116 Å². The van der Waals surface area contributed by atoms with Gasteiger partial charge in [-0.15, -0.1) is 0 Å². The lowest BCUT2D eigenvalue weighted by molar-refractivity contribution is 0.683. The van der Waals surface area contributed by atoms with Crippen LogP contribution in [0, 0.1) is 0 Å². The van der Waals surface area contributed by atoms with E-state index in [4.69, 9.17) is 0 Å². The molecule has 1 heteroatoms. The van der Waals surface area contributed by atoms with E-state index in [1.807, 2.05) is 0 Å². The maximum atomic E-state index is 2.58. The summed E-state index contributed by atoms with van der Waals surface area (Å²) in [5, 5.41) is 3.27. The predicted octanol–water partition coefficient (Wildman–Crippen LogP) is 6.11. The Bertz CT molecular complexity index is 811. The van der Waals surface area contributed by atoms with E-state index in [0.29, 0.717) is 0 Å². The molecule has 1 aliphatic rings. The van der Waals surface area contributed by atoms with E-state index in [9.17, 15) is 0 Å². The van der Waals surface area contributed by atoms with Crippen LogP contribution < -0.4 is 10.4 Å². The Kier molecular flexibility index (Phi) is 4.65. The molecule has 0 bridgehead atoms. The Labute approximate surface area is 160 Å². The van der Waals surface area contributed by atoms with Crippen LogP contribution >= 0.6 is 0 Å². The van der Waals surface area contributed by atoms with E-state index in [0.717, 1.165) is 0 Å². The van der Waals surface area contributed by atoms with Crippen LogP contribution in [0.3, 0.4) is 0 Å². The minimum absolute atomic E-state index is 0.0577. The van der Waals surface area contributed by atoms with Crippen molar-refractivity contribution in [3.63, 3.8) is 0 Å². The van der Waals surface area contributed by atoms with Gasteiger partial charge in [-0.05, 0) is 31.4 Å². The lowest BCUT2D eigenvalue weighted by Gasteiger charge is -2.54. The number of rotatable bonds is 3. The smallest absolute Gasteiger partial charge is 0.0733 e. The van der Waals surface area contributed by atoms with Crippen molar-refractivity contribution in [1.29, 1.82) is 0 Å². The Morgan fingerprint density at radius 3 is 1.46 bits per heavy atom. The maximum absolute atomic E-state index is 2.58. The quantitative estimate of drug-likeness (QED) is 0.580. The summed E-state index contributed by atoms with van der Waals surface area (Å²) < 4.78 is 0. The number of hydrogen-bond acceptors (Lipinski definition) is 0. The van der Waals surface area contributed by atoms with Gasteiger partial charge in [0.2, 0.25) is 0 Å². The molecule has 0 amide bonds. The molecule has 136 valence electrons. The summed E-state index contributed by atoms with van der Waals surface area (Å²) in [4.78, 5) is 0. The minimum Gasteiger partial charge on any atom is -0.0733 e. The average Bonchev–Trinajstić information content (AvgIpc) is 2.80. The average molecular weight is 361 g/mol. The van der Waals surface area contributed by atoms with Crippen LogP contribution in [0.5, 0.6) is 0 Å². The van der Waals surface area contributed by atoms with E-state index in [2.05, 4.69) is 115 Å². The first-order valence-electron chi connectivity index (χ1n) is 9.65. The standard InChI is InChI=1S/C25H32Si/c1-19-18-25(7,21(3)20(19)2)26(24(4,5)6,22-14-10-8-11-15-22)23-16-12-9-13-17-23/h8-18H,1-7H3. The summed E-state index contributed by atoms with van der Waals surface area (Å²) in [7, 11) is -2.22. The van der Waals surface area contributed by atoms with Gasteiger partial charge in [0, 0.05) is 5.04 Å². The van der Waals surface area contributed by atoms with Gasteiger partial charge in [-0.3, -0.25) is 0 Å². The molecular formula is C25H32Si. The van der Waals surface area contributed by atoms with Crippen molar-refractivity contribution in [3.05, 3.63) is 83.5 Å². The minimum atomic E-state index is -2.22. The summed E-state index contributed by atoms with van der Waals surface area (Å²) >= 11 is 0. The summed E-state index contributed by atoms with van der Waals surface area (Å²) in [6, 6.07) is 22.6. The normalized spacial score (nSPS) is 21.1. The highest BCUT2D eigenvalue weighted by Crippen LogP contribution is 2.59. The van der Waals surface area contributed by atoms with E-state index < -0.39 is 8.07 Å². The van der Waals surface area contributed by atoms with Crippen LogP contribution in [-0.4, -0.2) is 8.07 Å². The van der Waals surface area contributed by atoms with Crippen LogP contribution in [-0.2, 0) is 0 Å². The second kappa shape index (κ2) is 6.39. The number of benzene rings is 2. The Balaban J connectivity index is 2.49. The van der Waals surface area contributed by atoms with Crippen molar-refractivity contribution in [2.24, 2.45) is 0 Å². The summed E-state index contributed by atoms with van der Waals surface area (Å²) in [6.07, 6.45) is 2.58. The first-order valence-corrected chi connectivity index (χ1v) is 11.6. The van der Waals surface area contributed by atoms with Crippen LogP contribution in [0.4, 0.5) is 0 Å². The van der Waals surface area contributed by atoms with Gasteiger partial charge in [-0.2, -0.15) is 0 Å². The molecule has 0 spiro atoms. The van der Waals surface area contributed by atoms with Crippen molar-refractivity contribution in [1.82, 2.24) is 0 Å². The zero-order valence-corrected chi connectivity index (χ0v) is 18.4. The molecular weight excluding hydrogens is 328 g/mol. The molecule has 0 fully saturated rings. The molecule has 0 heterocycles. The molecule has 0 N–H and O–H groups in total. The van der Waals surface area contributed by atoms with Crippen LogP contribution in [0.2, 0.25) is 10.1 Å². The molecule has 2 aromatic rings. The van der Waals surface area contributed by atoms with E-state index >= 15 is 0 Å². The molecule has 1 aliphatic carbocycles. The molecule has 0 aliphatic heterocycles. The number of hydrogen-bond donors (Lipinski definition) is 0. The van der Waals surface area contributed by atoms with Gasteiger partial charge in [0.1, 0.15) is 8.07 Å². The maximum Gasteiger partial charge on any atom is 0.136 e. The predicted molar refractivity (Wildman–Crippen MR) is 118 cm³/mol. The topological polar surface area (TPSA) is 0 Å². The molecule has 26 heavy (non-hydrogen) atoms. The fourth-order valence-corrected chi connectivity index (χ4v) is 12.9. The van der Waals surface area contributed by atoms with E-state index in [1.54, 1.807) is 5.57 Å². The fraction of sp³-hybridized carbons (Fsp3) is 0.360. The molecule has 2 aromatic carbocycles. The molecule has 0 saturated carbocycles. The molecule has 1 unspecified atom stereocenters. The highest BCUT2D eigenvalue weighted by Gasteiger charge is 2.60. The van der Waals surface area contributed by atoms with Gasteiger partial charge in [0.05, 0.1) is 0 Å². The van der Waals surface area contributed by atoms with Crippen LogP contribution in [0.15, 0.2) is 83.5 Å². The zero-order chi connectivity index (χ0) is 19.2. The molecule has 0 radical (unpaired) electrons. The Hall–Kier alpha value is -1.86. The molecule has 0 aromatic heterocycles. The van der Waals surface area contributed by atoms with Gasteiger partial charge < -0.3 is 0 Å². The van der Waals surface area contributed by atoms with Crippen molar-refractivity contribution in [2.75, 3.05) is 0 Å². The fourth-order valence-electron chi connectivity index (χ4n) is 5.51. The van der Waals surface area contributed by atoms with Crippen LogP contribution in [0.25, 0.3) is 0 Å². The lowest BCUT2D eigenvalue weighted by Crippen LogP contribution is -2.70. The highest BCUT2D eigenvalue weighted by atomic mass is 28.3. The second-order valence-corrected chi connectivity index (χ2v) is 14.2. The molecule has 1 atom stereocenters. The summed E-state index contributed by atoms with van der Waals surface area (Å²) in [5.41, 5.74) is 4.46. The van der Waals surface area contributed by atoms with E-state index in [-0.39, 0.29) is 10.1 Å². The summed E-state index contributed by atoms with van der Waals surface area (Å²) in [6.45, 7) is 16.8. The van der Waals surface area contributed by atoms with Gasteiger partial charge in [0.25, 0.3) is 0 Å². The van der Waals surface area contributed by atoms with Crippen molar-refractivity contribution in [3.8, 4) is 0 Å². The first kappa shape index (κ1) is 18.9. The van der Waals surface area contributed by atoms with Crippen molar-refractivity contribution >= 4 is 18.4 Å².